The van der Waals surface area contributed by atoms with Crippen LogP contribution in [0.15, 0.2) is 53.6 Å². The number of hydrogen-bond donors (Lipinski definition) is 0. The van der Waals surface area contributed by atoms with Crippen LogP contribution in [0.1, 0.15) is 51.2 Å². The molecule has 1 heterocycles. The number of hydrogen-bond acceptors (Lipinski definition) is 1. The topological polar surface area (TPSA) is 12.4 Å². The quantitative estimate of drug-likeness (QED) is 0.609. The van der Waals surface area contributed by atoms with Crippen molar-refractivity contribution in [3.05, 3.63) is 59.7 Å². The van der Waals surface area contributed by atoms with Crippen LogP contribution in [0.4, 0.5) is 0 Å². The van der Waals surface area contributed by atoms with Gasteiger partial charge in [-0.3, -0.25) is 4.99 Å². The molecule has 0 saturated heterocycles. The Kier molecular flexibility index (Phi) is 5.08. The van der Waals surface area contributed by atoms with E-state index < -0.39 is 0 Å². The molecule has 1 aromatic carbocycles. The summed E-state index contributed by atoms with van der Waals surface area (Å²) >= 11 is 0. The van der Waals surface area contributed by atoms with E-state index in [0.717, 1.165) is 0 Å². The summed E-state index contributed by atoms with van der Waals surface area (Å²) in [6, 6.07) is 9.29. The predicted molar refractivity (Wildman–Crippen MR) is 105 cm³/mol. The molecule has 0 spiro atoms. The van der Waals surface area contributed by atoms with Crippen LogP contribution in [0.5, 0.6) is 0 Å². The highest BCUT2D eigenvalue weighted by atomic mass is 14.9. The van der Waals surface area contributed by atoms with Crippen molar-refractivity contribution in [3.63, 3.8) is 0 Å². The van der Waals surface area contributed by atoms with Crippen LogP contribution in [0.3, 0.4) is 0 Å². The fourth-order valence-corrected chi connectivity index (χ4v) is 4.77. The first-order valence-corrected chi connectivity index (χ1v) is 9.47. The van der Waals surface area contributed by atoms with Crippen molar-refractivity contribution in [3.8, 4) is 0 Å². The molecular weight excluding hydrogens is 290 g/mol. The Labute approximate surface area is 147 Å². The first-order chi connectivity index (χ1) is 11.5. The molecule has 1 nitrogen and oxygen atoms in total. The van der Waals surface area contributed by atoms with Gasteiger partial charge in [-0.05, 0) is 61.1 Å². The molecule has 5 atom stereocenters. The van der Waals surface area contributed by atoms with Gasteiger partial charge in [0, 0.05) is 11.6 Å². The van der Waals surface area contributed by atoms with Crippen LogP contribution in [0.2, 0.25) is 0 Å². The minimum Gasteiger partial charge on any atom is -0.282 e. The normalized spacial score (nSPS) is 32.9. The predicted octanol–water partition coefficient (Wildman–Crippen LogP) is 5.96. The number of aryl methyl sites for hydroxylation is 1. The second kappa shape index (κ2) is 7.09. The van der Waals surface area contributed by atoms with E-state index in [1.54, 1.807) is 0 Å². The molecular formula is C23H31N. The largest absolute Gasteiger partial charge is 0.282 e. The Balaban J connectivity index is 2.09. The lowest BCUT2D eigenvalue weighted by Gasteiger charge is -2.34. The zero-order chi connectivity index (χ0) is 17.3. The van der Waals surface area contributed by atoms with E-state index in [4.69, 9.17) is 4.99 Å². The van der Waals surface area contributed by atoms with Crippen LogP contribution < -0.4 is 0 Å². The van der Waals surface area contributed by atoms with Crippen molar-refractivity contribution in [1.82, 2.24) is 0 Å². The Morgan fingerprint density at radius 3 is 2.62 bits per heavy atom. The van der Waals surface area contributed by atoms with Crippen LogP contribution in [0.25, 0.3) is 0 Å². The fraction of sp³-hybridized carbons (Fsp3) is 0.522. The Bertz CT molecular complexity index is 664. The van der Waals surface area contributed by atoms with Gasteiger partial charge in [0.05, 0.1) is 6.04 Å². The molecule has 5 unspecified atom stereocenters. The van der Waals surface area contributed by atoms with E-state index in [-0.39, 0.29) is 0 Å². The van der Waals surface area contributed by atoms with Crippen LogP contribution in [-0.4, -0.2) is 11.8 Å². The third kappa shape index (κ3) is 3.14. The van der Waals surface area contributed by atoms with E-state index in [2.05, 4.69) is 83.2 Å². The summed E-state index contributed by atoms with van der Waals surface area (Å²) in [6.45, 7) is 11.5. The highest BCUT2D eigenvalue weighted by molar-refractivity contribution is 5.99. The second-order valence-electron chi connectivity index (χ2n) is 7.95. The van der Waals surface area contributed by atoms with E-state index in [1.165, 1.54) is 23.3 Å². The van der Waals surface area contributed by atoms with Crippen LogP contribution in [-0.2, 0) is 0 Å². The van der Waals surface area contributed by atoms with E-state index in [1.807, 2.05) is 0 Å². The van der Waals surface area contributed by atoms with E-state index in [0.29, 0.717) is 35.6 Å². The summed E-state index contributed by atoms with van der Waals surface area (Å²) in [6.07, 6.45) is 10.4. The number of nitrogens with zero attached hydrogens (tertiary/aromatic N) is 1. The minimum atomic E-state index is 0.333. The van der Waals surface area contributed by atoms with Gasteiger partial charge in [-0.25, -0.2) is 0 Å². The van der Waals surface area contributed by atoms with Crippen LogP contribution in [0, 0.1) is 30.6 Å². The lowest BCUT2D eigenvalue weighted by atomic mass is 9.68. The minimum absolute atomic E-state index is 0.333. The molecule has 0 amide bonds. The van der Waals surface area contributed by atoms with Gasteiger partial charge in [-0.15, -0.1) is 0 Å². The van der Waals surface area contributed by atoms with Crippen molar-refractivity contribution in [2.45, 2.75) is 53.0 Å². The maximum atomic E-state index is 5.15. The molecule has 0 N–H and O–H groups in total. The Morgan fingerprint density at radius 1 is 1.21 bits per heavy atom. The Morgan fingerprint density at radius 2 is 1.96 bits per heavy atom. The number of rotatable bonds is 3. The molecule has 0 saturated carbocycles. The number of allylic oxidation sites excluding steroid dienone is 3. The Hall–Kier alpha value is -1.63. The number of fused-ring (bicyclic) bond motifs is 1. The summed E-state index contributed by atoms with van der Waals surface area (Å²) in [5, 5.41) is 0. The van der Waals surface area contributed by atoms with Gasteiger partial charge >= 0.3 is 0 Å². The second-order valence-corrected chi connectivity index (χ2v) is 7.95. The lowest BCUT2D eigenvalue weighted by Crippen LogP contribution is -2.32. The SMILES string of the molecule is CC=CC1N=C2C=CC(C)CC(c3ccccc3C)C2C1C(C)C. The molecule has 1 aliphatic heterocycles. The zero-order valence-electron chi connectivity index (χ0n) is 15.7. The van der Waals surface area contributed by atoms with Crippen LogP contribution >= 0.6 is 0 Å². The molecule has 1 heteroatoms. The van der Waals surface area contributed by atoms with Crippen molar-refractivity contribution < 1.29 is 0 Å². The summed E-state index contributed by atoms with van der Waals surface area (Å²) in [7, 11) is 0. The summed E-state index contributed by atoms with van der Waals surface area (Å²) in [5.74, 6) is 2.93. The van der Waals surface area contributed by atoms with Gasteiger partial charge in [-0.1, -0.05) is 63.3 Å². The number of aliphatic imine (C=N–C) groups is 1. The first kappa shape index (κ1) is 17.2. The van der Waals surface area contributed by atoms with Crippen molar-refractivity contribution >= 4 is 5.71 Å². The van der Waals surface area contributed by atoms with Gasteiger partial charge in [0.15, 0.2) is 0 Å². The molecule has 0 bridgehead atoms. The first-order valence-electron chi connectivity index (χ1n) is 9.47. The van der Waals surface area contributed by atoms with E-state index >= 15 is 0 Å². The maximum absolute atomic E-state index is 5.15. The molecule has 24 heavy (non-hydrogen) atoms. The van der Waals surface area contributed by atoms with Gasteiger partial charge in [-0.2, -0.15) is 0 Å². The highest BCUT2D eigenvalue weighted by Crippen LogP contribution is 2.47. The summed E-state index contributed by atoms with van der Waals surface area (Å²) in [4.78, 5) is 5.15. The molecule has 1 aromatic rings. The van der Waals surface area contributed by atoms with E-state index in [9.17, 15) is 0 Å². The van der Waals surface area contributed by atoms with Crippen molar-refractivity contribution in [2.75, 3.05) is 0 Å². The average molecular weight is 322 g/mol. The molecule has 0 aromatic heterocycles. The van der Waals surface area contributed by atoms with Crippen molar-refractivity contribution in [1.29, 1.82) is 0 Å². The highest BCUT2D eigenvalue weighted by Gasteiger charge is 2.44. The monoisotopic (exact) mass is 321 g/mol. The molecule has 128 valence electrons. The maximum Gasteiger partial charge on any atom is 0.0720 e. The molecule has 0 radical (unpaired) electrons. The molecule has 2 aliphatic rings. The fourth-order valence-electron chi connectivity index (χ4n) is 4.77. The van der Waals surface area contributed by atoms with Gasteiger partial charge < -0.3 is 0 Å². The lowest BCUT2D eigenvalue weighted by molar-refractivity contribution is 0.266. The zero-order valence-corrected chi connectivity index (χ0v) is 15.7. The van der Waals surface area contributed by atoms with Crippen molar-refractivity contribution in [2.24, 2.45) is 28.7 Å². The van der Waals surface area contributed by atoms with Gasteiger partial charge in [0.2, 0.25) is 0 Å². The molecule has 0 fully saturated rings. The third-order valence-corrected chi connectivity index (χ3v) is 5.85. The summed E-state index contributed by atoms with van der Waals surface area (Å²) < 4.78 is 0. The average Bonchev–Trinajstić information content (AvgIpc) is 2.82. The smallest absolute Gasteiger partial charge is 0.0720 e. The van der Waals surface area contributed by atoms with Gasteiger partial charge in [0.25, 0.3) is 0 Å². The standard InChI is InChI=1S/C23H31N/c1-6-9-20-22(15(2)3)23-19(18-11-8-7-10-17(18)5)14-16(4)12-13-21(23)24-20/h6-13,15-16,19-20,22-23H,14H2,1-5H3. The third-order valence-electron chi connectivity index (χ3n) is 5.85. The molecule has 3 rings (SSSR count). The summed E-state index contributed by atoms with van der Waals surface area (Å²) in [5.41, 5.74) is 4.28. The number of benzene rings is 1. The van der Waals surface area contributed by atoms with Gasteiger partial charge in [0.1, 0.15) is 0 Å². The molecule has 1 aliphatic carbocycles.